The second kappa shape index (κ2) is 8.66. The Morgan fingerprint density at radius 2 is 2.10 bits per heavy atom. The van der Waals surface area contributed by atoms with Gasteiger partial charge in [0, 0.05) is 48.2 Å². The average Bonchev–Trinajstić information content (AvgIpc) is 3.10. The zero-order valence-electron chi connectivity index (χ0n) is 17.2. The minimum Gasteiger partial charge on any atom is -0.466 e. The van der Waals surface area contributed by atoms with Crippen LogP contribution in [0.5, 0.6) is 0 Å². The van der Waals surface area contributed by atoms with E-state index in [9.17, 15) is 14.7 Å². The predicted molar refractivity (Wildman–Crippen MR) is 112 cm³/mol. The molecule has 2 N–H and O–H groups in total. The van der Waals surface area contributed by atoms with E-state index in [-0.39, 0.29) is 24.5 Å². The molecule has 1 fully saturated rings. The maximum Gasteiger partial charge on any atom is 0.333 e. The Labute approximate surface area is 170 Å². The van der Waals surface area contributed by atoms with Crippen LogP contribution in [0.25, 0.3) is 10.9 Å². The smallest absolute Gasteiger partial charge is 0.333 e. The monoisotopic (exact) mass is 396 g/mol. The van der Waals surface area contributed by atoms with Gasteiger partial charge in [0.05, 0.1) is 13.2 Å². The molecular formula is C23H28N2O4. The number of aromatic amines is 1. The Morgan fingerprint density at radius 1 is 1.38 bits per heavy atom. The van der Waals surface area contributed by atoms with Gasteiger partial charge in [-0.25, -0.2) is 4.79 Å². The number of amides is 1. The van der Waals surface area contributed by atoms with Gasteiger partial charge in [0.15, 0.2) is 0 Å². The summed E-state index contributed by atoms with van der Waals surface area (Å²) in [6.45, 7) is 7.88. The molecule has 1 aliphatic heterocycles. The Bertz CT molecular complexity index is 972. The summed E-state index contributed by atoms with van der Waals surface area (Å²) in [4.78, 5) is 30.0. The molecule has 3 rings (SSSR count). The van der Waals surface area contributed by atoms with Gasteiger partial charge in [0.2, 0.25) is 5.91 Å². The minimum absolute atomic E-state index is 0.0139. The van der Waals surface area contributed by atoms with Crippen LogP contribution in [0.15, 0.2) is 48.1 Å². The van der Waals surface area contributed by atoms with Crippen molar-refractivity contribution in [3.05, 3.63) is 59.3 Å². The van der Waals surface area contributed by atoms with E-state index in [0.29, 0.717) is 25.0 Å². The maximum atomic E-state index is 12.5. The van der Waals surface area contributed by atoms with Crippen LogP contribution in [-0.4, -0.2) is 47.1 Å². The Balaban J connectivity index is 2.11. The predicted octanol–water partition coefficient (Wildman–Crippen LogP) is 3.29. The molecule has 2 unspecified atom stereocenters. The molecule has 1 aromatic carbocycles. The number of piperidine rings is 1. The summed E-state index contributed by atoms with van der Waals surface area (Å²) in [6.07, 6.45) is 2.96. The lowest BCUT2D eigenvalue weighted by molar-refractivity contribution is -0.136. The molecule has 2 aromatic rings. The normalized spacial score (nSPS) is 20.8. The molecule has 0 aliphatic carbocycles. The van der Waals surface area contributed by atoms with Gasteiger partial charge in [-0.3, -0.25) is 4.79 Å². The Hall–Kier alpha value is -2.86. The van der Waals surface area contributed by atoms with Crippen molar-refractivity contribution in [3.8, 4) is 0 Å². The van der Waals surface area contributed by atoms with Gasteiger partial charge in [0.1, 0.15) is 0 Å². The fraction of sp³-hybridized carbons (Fsp3) is 0.391. The molecule has 0 spiro atoms. The van der Waals surface area contributed by atoms with Crippen molar-refractivity contribution in [2.45, 2.75) is 32.7 Å². The van der Waals surface area contributed by atoms with Crippen LogP contribution in [-0.2, 0) is 20.7 Å². The van der Waals surface area contributed by atoms with E-state index >= 15 is 0 Å². The van der Waals surface area contributed by atoms with Crippen LogP contribution in [0.2, 0.25) is 0 Å². The van der Waals surface area contributed by atoms with E-state index < -0.39 is 5.97 Å². The summed E-state index contributed by atoms with van der Waals surface area (Å²) in [6, 6.07) is 7.67. The van der Waals surface area contributed by atoms with Gasteiger partial charge in [-0.1, -0.05) is 30.9 Å². The first-order valence-electron chi connectivity index (χ1n) is 9.82. The molecule has 29 heavy (non-hydrogen) atoms. The molecule has 0 bridgehead atoms. The summed E-state index contributed by atoms with van der Waals surface area (Å²) in [5, 5.41) is 10.7. The van der Waals surface area contributed by atoms with Crippen LogP contribution >= 0.6 is 0 Å². The summed E-state index contributed by atoms with van der Waals surface area (Å²) >= 11 is 0. The van der Waals surface area contributed by atoms with Gasteiger partial charge in [-0.05, 0) is 37.0 Å². The number of hydrogen-bond acceptors (Lipinski definition) is 4. The maximum absolute atomic E-state index is 12.5. The molecule has 154 valence electrons. The fourth-order valence-corrected chi connectivity index (χ4v) is 4.34. The number of benzene rings is 1. The van der Waals surface area contributed by atoms with Crippen molar-refractivity contribution in [1.29, 1.82) is 0 Å². The van der Waals surface area contributed by atoms with Crippen LogP contribution in [0, 0.1) is 5.92 Å². The number of carbonyl (C=O) groups is 2. The Morgan fingerprint density at radius 3 is 2.72 bits per heavy atom. The van der Waals surface area contributed by atoms with E-state index in [0.717, 1.165) is 27.7 Å². The quantitative estimate of drug-likeness (QED) is 0.462. The molecule has 0 saturated carbocycles. The van der Waals surface area contributed by atoms with E-state index in [1.165, 1.54) is 7.11 Å². The number of allylic oxidation sites excluding steroid dienone is 1. The molecule has 1 aromatic heterocycles. The highest BCUT2D eigenvalue weighted by Crippen LogP contribution is 2.42. The van der Waals surface area contributed by atoms with Gasteiger partial charge in [-0.2, -0.15) is 0 Å². The summed E-state index contributed by atoms with van der Waals surface area (Å²) in [7, 11) is 1.35. The standard InChI is InChI=1S/C23H28N2O4/c1-5-16-13-25(15(3)27)21(12-19(16)14(2)23(28)29-4)22-18(10-11-26)17-8-6-7-9-20(17)24-22/h5-9,19,21,24,26H,2,10-13H2,1,3-4H3. The number of aliphatic hydroxyl groups excluding tert-OH is 1. The number of carbonyl (C=O) groups excluding carboxylic acids is 2. The SMILES string of the molecule is C=C(C(=O)OC)C1CC(c2[nH]c3ccccc3c2CCO)N(C(C)=O)CC1=CC. The first-order chi connectivity index (χ1) is 13.9. The first-order valence-corrected chi connectivity index (χ1v) is 9.82. The van der Waals surface area contributed by atoms with Gasteiger partial charge in [-0.15, -0.1) is 0 Å². The topological polar surface area (TPSA) is 82.6 Å². The third-order valence-corrected chi connectivity index (χ3v) is 5.82. The van der Waals surface area contributed by atoms with E-state index in [2.05, 4.69) is 11.6 Å². The minimum atomic E-state index is -0.434. The number of nitrogens with zero attached hydrogens (tertiary/aromatic N) is 1. The number of methoxy groups -OCH3 is 1. The van der Waals surface area contributed by atoms with Crippen molar-refractivity contribution < 1.29 is 19.4 Å². The van der Waals surface area contributed by atoms with Crippen LogP contribution in [0.3, 0.4) is 0 Å². The van der Waals surface area contributed by atoms with Gasteiger partial charge < -0.3 is 19.7 Å². The van der Waals surface area contributed by atoms with Crippen molar-refractivity contribution in [1.82, 2.24) is 9.88 Å². The van der Waals surface area contributed by atoms with Crippen LogP contribution < -0.4 is 0 Å². The largest absolute Gasteiger partial charge is 0.466 e. The number of para-hydroxylation sites is 1. The molecular weight excluding hydrogens is 368 g/mol. The number of aromatic nitrogens is 1. The zero-order valence-corrected chi connectivity index (χ0v) is 17.2. The number of likely N-dealkylation sites (tertiary alicyclic amines) is 1. The molecule has 1 aliphatic rings. The highest BCUT2D eigenvalue weighted by Gasteiger charge is 2.38. The van der Waals surface area contributed by atoms with Crippen molar-refractivity contribution >= 4 is 22.8 Å². The lowest BCUT2D eigenvalue weighted by atomic mass is 9.79. The highest BCUT2D eigenvalue weighted by atomic mass is 16.5. The average molecular weight is 396 g/mol. The molecule has 2 atom stereocenters. The number of esters is 1. The number of nitrogens with one attached hydrogen (secondary N) is 1. The molecule has 1 saturated heterocycles. The molecule has 1 amide bonds. The van der Waals surface area contributed by atoms with E-state index in [1.54, 1.807) is 6.92 Å². The van der Waals surface area contributed by atoms with Crippen molar-refractivity contribution in [3.63, 3.8) is 0 Å². The molecule has 6 heteroatoms. The number of rotatable bonds is 5. The number of hydrogen-bond donors (Lipinski definition) is 2. The number of aliphatic hydroxyl groups is 1. The number of ether oxygens (including phenoxy) is 1. The van der Waals surface area contributed by atoms with Crippen molar-refractivity contribution in [2.75, 3.05) is 20.3 Å². The third-order valence-electron chi connectivity index (χ3n) is 5.82. The summed E-state index contributed by atoms with van der Waals surface area (Å²) in [5.41, 5.74) is 4.26. The van der Waals surface area contributed by atoms with E-state index in [1.807, 2.05) is 42.2 Å². The first kappa shape index (κ1) is 20.9. The van der Waals surface area contributed by atoms with Gasteiger partial charge in [0.25, 0.3) is 0 Å². The lowest BCUT2D eigenvalue weighted by Crippen LogP contribution is -2.42. The Kier molecular flexibility index (Phi) is 6.23. The van der Waals surface area contributed by atoms with Crippen LogP contribution in [0.1, 0.15) is 37.6 Å². The van der Waals surface area contributed by atoms with Crippen LogP contribution in [0.4, 0.5) is 0 Å². The number of fused-ring (bicyclic) bond motifs is 1. The van der Waals surface area contributed by atoms with Crippen molar-refractivity contribution in [2.24, 2.45) is 5.92 Å². The number of H-pyrrole nitrogens is 1. The molecule has 2 heterocycles. The highest BCUT2D eigenvalue weighted by molar-refractivity contribution is 5.89. The second-order valence-electron chi connectivity index (χ2n) is 7.37. The zero-order chi connectivity index (χ0) is 21.1. The molecule has 6 nitrogen and oxygen atoms in total. The van der Waals surface area contributed by atoms with E-state index in [4.69, 9.17) is 4.74 Å². The summed E-state index contributed by atoms with van der Waals surface area (Å²) < 4.78 is 4.90. The third kappa shape index (κ3) is 3.85. The second-order valence-corrected chi connectivity index (χ2v) is 7.37. The molecule has 0 radical (unpaired) electrons. The van der Waals surface area contributed by atoms with Gasteiger partial charge >= 0.3 is 5.97 Å². The lowest BCUT2D eigenvalue weighted by Gasteiger charge is -2.41. The fourth-order valence-electron chi connectivity index (χ4n) is 4.34. The summed E-state index contributed by atoms with van der Waals surface area (Å²) in [5.74, 6) is -0.678.